The number of carbonyl (C=O) groups excluding carboxylic acids is 1. The van der Waals surface area contributed by atoms with E-state index in [1.807, 2.05) is 0 Å². The molecule has 84 valence electrons. The van der Waals surface area contributed by atoms with Gasteiger partial charge in [0.1, 0.15) is 6.61 Å². The van der Waals surface area contributed by atoms with Gasteiger partial charge < -0.3 is 4.74 Å². The molecule has 0 aromatic carbocycles. The highest BCUT2D eigenvalue weighted by Crippen LogP contribution is 2.32. The molecule has 1 heterocycles. The maximum Gasteiger partial charge on any atom is 0.443 e. The van der Waals surface area contributed by atoms with Gasteiger partial charge in [-0.3, -0.25) is 4.79 Å². The third-order valence-electron chi connectivity index (χ3n) is 1.46. The van der Waals surface area contributed by atoms with Crippen molar-refractivity contribution in [2.45, 2.75) is 13.1 Å². The molecule has 1 rings (SSSR count). The first-order valence-electron chi connectivity index (χ1n) is 4.09. The fourth-order valence-electron chi connectivity index (χ4n) is 0.800. The van der Waals surface area contributed by atoms with E-state index in [0.29, 0.717) is 17.9 Å². The minimum Gasteiger partial charge on any atom is -0.374 e. The first-order chi connectivity index (χ1) is 6.95. The molecular weight excluding hydrogens is 231 g/mol. The highest BCUT2D eigenvalue weighted by atomic mass is 32.1. The average molecular weight is 239 g/mol. The summed E-state index contributed by atoms with van der Waals surface area (Å²) in [4.78, 5) is 14.3. The number of thiazole rings is 1. The number of aromatic nitrogens is 1. The lowest BCUT2D eigenvalue weighted by atomic mass is 10.4. The second-order valence-electron chi connectivity index (χ2n) is 2.59. The molecule has 0 aliphatic heterocycles. The van der Waals surface area contributed by atoms with E-state index in [-0.39, 0.29) is 11.5 Å². The normalized spacial score (nSPS) is 11.7. The molecule has 0 aliphatic rings. The zero-order valence-corrected chi connectivity index (χ0v) is 8.61. The van der Waals surface area contributed by atoms with Gasteiger partial charge in [0.15, 0.2) is 10.8 Å². The molecule has 3 nitrogen and oxygen atoms in total. The number of rotatable bonds is 4. The number of alkyl halides is 3. The van der Waals surface area contributed by atoms with Crippen molar-refractivity contribution in [2.75, 3.05) is 13.2 Å². The maximum atomic E-state index is 12.1. The van der Waals surface area contributed by atoms with Crippen LogP contribution in [0.2, 0.25) is 0 Å². The predicted octanol–water partition coefficient (Wildman–Crippen LogP) is 2.38. The molecule has 0 atom stereocenters. The number of Topliss-reactive ketones (excluding diaryl/α,β-unsaturated/α-hetero) is 1. The molecule has 0 saturated carbocycles. The van der Waals surface area contributed by atoms with Crippen molar-refractivity contribution in [2.24, 2.45) is 0 Å². The average Bonchev–Trinajstić information content (AvgIpc) is 2.62. The number of carbonyl (C=O) groups is 1. The van der Waals surface area contributed by atoms with Crippen LogP contribution in [0.25, 0.3) is 0 Å². The van der Waals surface area contributed by atoms with Crippen LogP contribution in [0, 0.1) is 0 Å². The lowest BCUT2D eigenvalue weighted by molar-refractivity contribution is -0.137. The molecule has 15 heavy (non-hydrogen) atoms. The van der Waals surface area contributed by atoms with Crippen LogP contribution in [0.5, 0.6) is 0 Å². The van der Waals surface area contributed by atoms with Crippen LogP contribution in [-0.4, -0.2) is 24.0 Å². The van der Waals surface area contributed by atoms with E-state index in [2.05, 4.69) is 4.98 Å². The predicted molar refractivity (Wildman–Crippen MR) is 47.9 cm³/mol. The van der Waals surface area contributed by atoms with E-state index in [4.69, 9.17) is 4.74 Å². The van der Waals surface area contributed by atoms with Gasteiger partial charge in [-0.15, -0.1) is 11.3 Å². The monoisotopic (exact) mass is 239 g/mol. The van der Waals surface area contributed by atoms with Crippen molar-refractivity contribution in [3.05, 3.63) is 16.1 Å². The lowest BCUT2D eigenvalue weighted by Crippen LogP contribution is -2.07. The van der Waals surface area contributed by atoms with E-state index in [0.717, 1.165) is 6.20 Å². The molecule has 7 heteroatoms. The summed E-state index contributed by atoms with van der Waals surface area (Å²) in [7, 11) is 0. The van der Waals surface area contributed by atoms with E-state index < -0.39 is 17.0 Å². The third-order valence-corrected chi connectivity index (χ3v) is 2.54. The molecule has 0 fully saturated rings. The lowest BCUT2D eigenvalue weighted by Gasteiger charge is -1.99. The number of hydrogen-bond acceptors (Lipinski definition) is 4. The minimum absolute atomic E-state index is 0.0317. The molecule has 0 spiro atoms. The smallest absolute Gasteiger partial charge is 0.374 e. The van der Waals surface area contributed by atoms with E-state index in [1.54, 1.807) is 6.92 Å². The number of halogens is 3. The maximum absolute atomic E-state index is 12.1. The summed E-state index contributed by atoms with van der Waals surface area (Å²) in [5.41, 5.74) is 0. The quantitative estimate of drug-likeness (QED) is 0.757. The second-order valence-corrected chi connectivity index (χ2v) is 3.62. The topological polar surface area (TPSA) is 39.2 Å². The van der Waals surface area contributed by atoms with Gasteiger partial charge >= 0.3 is 6.18 Å². The standard InChI is InChI=1S/C8H8F3NO2S/c1-2-14-4-5(13)6-3-12-7(15-6)8(9,10)11/h3H,2,4H2,1H3. The van der Waals surface area contributed by atoms with E-state index in [1.165, 1.54) is 0 Å². The van der Waals surface area contributed by atoms with Gasteiger partial charge in [0.2, 0.25) is 0 Å². The van der Waals surface area contributed by atoms with Crippen LogP contribution >= 0.6 is 11.3 Å². The van der Waals surface area contributed by atoms with Gasteiger partial charge in [0.05, 0.1) is 4.88 Å². The summed E-state index contributed by atoms with van der Waals surface area (Å²) in [6.07, 6.45) is -3.57. The molecule has 0 unspecified atom stereocenters. The van der Waals surface area contributed by atoms with Crippen LogP contribution in [0.1, 0.15) is 21.6 Å². The third kappa shape index (κ3) is 3.28. The highest BCUT2D eigenvalue weighted by Gasteiger charge is 2.35. The first kappa shape index (κ1) is 12.1. The summed E-state index contributed by atoms with van der Waals surface area (Å²) in [5, 5.41) is -1.01. The second kappa shape index (κ2) is 4.71. The van der Waals surface area contributed by atoms with E-state index >= 15 is 0 Å². The summed E-state index contributed by atoms with van der Waals surface area (Å²) >= 11 is 0.333. The Bertz CT molecular complexity index is 348. The molecule has 1 aromatic rings. The minimum atomic E-state index is -4.49. The van der Waals surface area contributed by atoms with Crippen LogP contribution in [0.15, 0.2) is 6.20 Å². The van der Waals surface area contributed by atoms with Crippen LogP contribution in [-0.2, 0) is 10.9 Å². The molecule has 0 N–H and O–H groups in total. The van der Waals surface area contributed by atoms with Gasteiger partial charge in [-0.25, -0.2) is 4.98 Å². The van der Waals surface area contributed by atoms with Crippen molar-refractivity contribution >= 4 is 17.1 Å². The molecule has 0 aliphatic carbocycles. The van der Waals surface area contributed by atoms with E-state index in [9.17, 15) is 18.0 Å². The van der Waals surface area contributed by atoms with Crippen molar-refractivity contribution < 1.29 is 22.7 Å². The summed E-state index contributed by atoms with van der Waals surface area (Å²) in [5.74, 6) is -0.482. The SMILES string of the molecule is CCOCC(=O)c1cnc(C(F)(F)F)s1. The Morgan fingerprint density at radius 3 is 2.73 bits per heavy atom. The Morgan fingerprint density at radius 1 is 1.60 bits per heavy atom. The summed E-state index contributed by atoms with van der Waals surface area (Å²) in [6, 6.07) is 0. The summed E-state index contributed by atoms with van der Waals surface area (Å²) in [6.45, 7) is 1.83. The summed E-state index contributed by atoms with van der Waals surface area (Å²) < 4.78 is 41.2. The van der Waals surface area contributed by atoms with Crippen molar-refractivity contribution in [1.82, 2.24) is 4.98 Å². The van der Waals surface area contributed by atoms with Gasteiger partial charge in [-0.1, -0.05) is 0 Å². The van der Waals surface area contributed by atoms with Crippen LogP contribution in [0.3, 0.4) is 0 Å². The fraction of sp³-hybridized carbons (Fsp3) is 0.500. The zero-order valence-electron chi connectivity index (χ0n) is 7.80. The molecule has 1 aromatic heterocycles. The number of ketones is 1. The Balaban J connectivity index is 2.72. The number of nitrogens with zero attached hydrogens (tertiary/aromatic N) is 1. The molecule has 0 amide bonds. The van der Waals surface area contributed by atoms with Gasteiger partial charge in [0, 0.05) is 12.8 Å². The van der Waals surface area contributed by atoms with Crippen molar-refractivity contribution in [1.29, 1.82) is 0 Å². The van der Waals surface area contributed by atoms with Crippen LogP contribution in [0.4, 0.5) is 13.2 Å². The van der Waals surface area contributed by atoms with Gasteiger partial charge in [-0.2, -0.15) is 13.2 Å². The highest BCUT2D eigenvalue weighted by molar-refractivity contribution is 7.13. The largest absolute Gasteiger partial charge is 0.443 e. The molecular formula is C8H8F3NO2S. The number of ether oxygens (including phenoxy) is 1. The number of hydrogen-bond donors (Lipinski definition) is 0. The van der Waals surface area contributed by atoms with Crippen molar-refractivity contribution in [3.8, 4) is 0 Å². The van der Waals surface area contributed by atoms with Gasteiger partial charge in [0.25, 0.3) is 0 Å². The molecule has 0 bridgehead atoms. The molecule has 0 saturated heterocycles. The molecule has 0 radical (unpaired) electrons. The fourth-order valence-corrected chi connectivity index (χ4v) is 1.51. The Morgan fingerprint density at radius 2 is 2.27 bits per heavy atom. The first-order valence-corrected chi connectivity index (χ1v) is 4.90. The van der Waals surface area contributed by atoms with Gasteiger partial charge in [-0.05, 0) is 6.92 Å². The Labute approximate surface area is 87.9 Å². The van der Waals surface area contributed by atoms with Crippen LogP contribution < -0.4 is 0 Å². The Kier molecular flexibility index (Phi) is 3.81. The Hall–Kier alpha value is -0.950. The zero-order chi connectivity index (χ0) is 11.5. The van der Waals surface area contributed by atoms with Crippen molar-refractivity contribution in [3.63, 3.8) is 0 Å².